The quantitative estimate of drug-likeness (QED) is 0.396. The van der Waals surface area contributed by atoms with E-state index in [0.29, 0.717) is 34.5 Å². The average Bonchev–Trinajstić information content (AvgIpc) is 3.25. The van der Waals surface area contributed by atoms with E-state index in [2.05, 4.69) is 19.9 Å². The zero-order valence-corrected chi connectivity index (χ0v) is 18.7. The molecule has 0 bridgehead atoms. The largest absolute Gasteiger partial charge is 0.496 e. The van der Waals surface area contributed by atoms with Gasteiger partial charge >= 0.3 is 5.69 Å². The zero-order valence-electron chi connectivity index (χ0n) is 18.7. The molecule has 0 amide bonds. The van der Waals surface area contributed by atoms with Crippen LogP contribution in [0, 0.1) is 6.92 Å². The Hall–Kier alpha value is -4.60. The lowest BCUT2D eigenvalue weighted by atomic mass is 10.2. The first-order chi connectivity index (χ1) is 16.5. The molecule has 0 fully saturated rings. The summed E-state index contributed by atoms with van der Waals surface area (Å²) in [6.45, 7) is 1.68. The first-order valence-electron chi connectivity index (χ1n) is 10.4. The molecule has 0 aliphatic rings. The van der Waals surface area contributed by atoms with E-state index in [1.807, 2.05) is 18.2 Å². The van der Waals surface area contributed by atoms with Crippen LogP contribution in [0.25, 0.3) is 33.9 Å². The van der Waals surface area contributed by atoms with Gasteiger partial charge in [-0.3, -0.25) is 18.9 Å². The molecule has 4 aromatic heterocycles. The van der Waals surface area contributed by atoms with Gasteiger partial charge in [-0.05, 0) is 31.2 Å². The number of hydrogen-bond acceptors (Lipinski definition) is 8. The standard InChI is InChI=1S/C24H20N6O4/c1-14-18(27-22(34-14)16-6-4-5-7-19(16)33-3)13-30-23(31)17-12-26-20(15-8-10-25-11-9-15)28-21(17)29(2)24(30)32/h4-12H,13H2,1-3H3. The van der Waals surface area contributed by atoms with Gasteiger partial charge in [-0.25, -0.2) is 19.7 Å². The summed E-state index contributed by atoms with van der Waals surface area (Å²) >= 11 is 0. The van der Waals surface area contributed by atoms with E-state index in [-0.39, 0.29) is 17.6 Å². The van der Waals surface area contributed by atoms with Crippen LogP contribution in [0.5, 0.6) is 5.75 Å². The molecule has 170 valence electrons. The molecule has 0 atom stereocenters. The van der Waals surface area contributed by atoms with Gasteiger partial charge in [0.1, 0.15) is 22.6 Å². The summed E-state index contributed by atoms with van der Waals surface area (Å²) in [6.07, 6.45) is 4.69. The SMILES string of the molecule is COc1ccccc1-c1nc(Cn2c(=O)c3cnc(-c4ccncc4)nc3n(C)c2=O)c(C)o1. The Kier molecular flexibility index (Phi) is 5.25. The van der Waals surface area contributed by atoms with Crippen molar-refractivity contribution in [2.75, 3.05) is 7.11 Å². The highest BCUT2D eigenvalue weighted by Gasteiger charge is 2.19. The number of benzene rings is 1. The minimum absolute atomic E-state index is 0.0575. The van der Waals surface area contributed by atoms with Gasteiger partial charge < -0.3 is 9.15 Å². The monoisotopic (exact) mass is 456 g/mol. The number of nitrogens with zero attached hydrogens (tertiary/aromatic N) is 6. The molecule has 0 saturated carbocycles. The number of fused-ring (bicyclic) bond motifs is 1. The van der Waals surface area contributed by atoms with Crippen molar-refractivity contribution in [2.24, 2.45) is 7.05 Å². The number of pyridine rings is 1. The van der Waals surface area contributed by atoms with Crippen molar-refractivity contribution in [1.29, 1.82) is 0 Å². The molecular formula is C24H20N6O4. The van der Waals surface area contributed by atoms with Crippen LogP contribution in [0.15, 0.2) is 69.0 Å². The van der Waals surface area contributed by atoms with Crippen LogP contribution < -0.4 is 16.0 Å². The van der Waals surface area contributed by atoms with E-state index in [9.17, 15) is 9.59 Å². The zero-order chi connectivity index (χ0) is 23.8. The molecule has 10 heteroatoms. The molecule has 0 radical (unpaired) electrons. The molecule has 0 N–H and O–H groups in total. The molecule has 0 aliphatic heterocycles. The molecule has 10 nitrogen and oxygen atoms in total. The van der Waals surface area contributed by atoms with Crippen LogP contribution in [0.4, 0.5) is 0 Å². The van der Waals surface area contributed by atoms with Gasteiger partial charge in [-0.15, -0.1) is 0 Å². The van der Waals surface area contributed by atoms with Gasteiger partial charge in [0.05, 0.1) is 19.2 Å². The van der Waals surface area contributed by atoms with Gasteiger partial charge in [0.25, 0.3) is 5.56 Å². The maximum Gasteiger partial charge on any atom is 0.332 e. The topological polar surface area (TPSA) is 118 Å². The second-order valence-corrected chi connectivity index (χ2v) is 7.62. The summed E-state index contributed by atoms with van der Waals surface area (Å²) in [7, 11) is 3.13. The Bertz CT molecular complexity index is 1640. The number of ether oxygens (including phenoxy) is 1. The van der Waals surface area contributed by atoms with Gasteiger partial charge in [-0.2, -0.15) is 0 Å². The van der Waals surface area contributed by atoms with E-state index in [1.165, 1.54) is 10.8 Å². The van der Waals surface area contributed by atoms with Crippen LogP contribution in [0.1, 0.15) is 11.5 Å². The predicted octanol–water partition coefficient (Wildman–Crippen LogP) is 2.57. The van der Waals surface area contributed by atoms with Crippen molar-refractivity contribution in [3.8, 4) is 28.6 Å². The maximum absolute atomic E-state index is 13.2. The lowest BCUT2D eigenvalue weighted by Gasteiger charge is -2.10. The molecule has 4 heterocycles. The summed E-state index contributed by atoms with van der Waals surface area (Å²) in [4.78, 5) is 43.6. The van der Waals surface area contributed by atoms with Gasteiger partial charge in [0, 0.05) is 31.2 Å². The third kappa shape index (κ3) is 3.54. The predicted molar refractivity (Wildman–Crippen MR) is 125 cm³/mol. The number of aryl methyl sites for hydroxylation is 2. The molecule has 0 spiro atoms. The third-order valence-corrected chi connectivity index (χ3v) is 5.56. The van der Waals surface area contributed by atoms with Gasteiger partial charge in [0.15, 0.2) is 11.5 Å². The second-order valence-electron chi connectivity index (χ2n) is 7.62. The molecule has 1 aromatic carbocycles. The molecule has 34 heavy (non-hydrogen) atoms. The van der Waals surface area contributed by atoms with Crippen molar-refractivity contribution < 1.29 is 9.15 Å². The molecular weight excluding hydrogens is 436 g/mol. The lowest BCUT2D eigenvalue weighted by molar-refractivity contribution is 0.414. The van der Waals surface area contributed by atoms with Crippen molar-refractivity contribution in [3.63, 3.8) is 0 Å². The normalized spacial score (nSPS) is 11.1. The van der Waals surface area contributed by atoms with E-state index >= 15 is 0 Å². The summed E-state index contributed by atoms with van der Waals surface area (Å²) in [5.74, 6) is 1.85. The Morgan fingerprint density at radius 2 is 1.82 bits per heavy atom. The van der Waals surface area contributed by atoms with Crippen molar-refractivity contribution in [1.82, 2.24) is 29.1 Å². The number of methoxy groups -OCH3 is 1. The summed E-state index contributed by atoms with van der Waals surface area (Å²) in [6, 6.07) is 10.8. The van der Waals surface area contributed by atoms with E-state index in [1.54, 1.807) is 51.7 Å². The van der Waals surface area contributed by atoms with Crippen molar-refractivity contribution in [2.45, 2.75) is 13.5 Å². The number of aromatic nitrogens is 6. The molecule has 0 aliphatic carbocycles. The first kappa shape index (κ1) is 21.3. The molecule has 5 rings (SSSR count). The highest BCUT2D eigenvalue weighted by atomic mass is 16.5. The Labute approximate surface area is 193 Å². The van der Waals surface area contributed by atoms with Crippen LogP contribution in [0.2, 0.25) is 0 Å². The number of oxazole rings is 1. The number of para-hydroxylation sites is 1. The third-order valence-electron chi connectivity index (χ3n) is 5.56. The van der Waals surface area contributed by atoms with Crippen molar-refractivity contribution in [3.05, 3.63) is 87.3 Å². The van der Waals surface area contributed by atoms with E-state index in [0.717, 1.165) is 10.1 Å². The van der Waals surface area contributed by atoms with E-state index in [4.69, 9.17) is 9.15 Å². The number of rotatable bonds is 5. The lowest BCUT2D eigenvalue weighted by Crippen LogP contribution is -2.40. The van der Waals surface area contributed by atoms with Crippen LogP contribution in [0.3, 0.4) is 0 Å². The fraction of sp³-hybridized carbons (Fsp3) is 0.167. The highest BCUT2D eigenvalue weighted by molar-refractivity contribution is 5.75. The first-order valence-corrected chi connectivity index (χ1v) is 10.4. The van der Waals surface area contributed by atoms with Crippen LogP contribution in [-0.4, -0.2) is 36.2 Å². The number of hydrogen-bond donors (Lipinski definition) is 0. The fourth-order valence-electron chi connectivity index (χ4n) is 3.72. The average molecular weight is 456 g/mol. The maximum atomic E-state index is 13.2. The van der Waals surface area contributed by atoms with Crippen LogP contribution in [-0.2, 0) is 13.6 Å². The summed E-state index contributed by atoms with van der Waals surface area (Å²) in [5, 5.41) is 0.228. The molecule has 0 saturated heterocycles. The second kappa shape index (κ2) is 8.39. The van der Waals surface area contributed by atoms with Gasteiger partial charge in [0.2, 0.25) is 5.89 Å². The smallest absolute Gasteiger partial charge is 0.332 e. The Morgan fingerprint density at radius 3 is 2.59 bits per heavy atom. The highest BCUT2D eigenvalue weighted by Crippen LogP contribution is 2.30. The molecule has 5 aromatic rings. The fourth-order valence-corrected chi connectivity index (χ4v) is 3.72. The van der Waals surface area contributed by atoms with Gasteiger partial charge in [-0.1, -0.05) is 12.1 Å². The summed E-state index contributed by atoms with van der Waals surface area (Å²) < 4.78 is 13.7. The minimum Gasteiger partial charge on any atom is -0.496 e. The summed E-state index contributed by atoms with van der Waals surface area (Å²) in [5.41, 5.74) is 1.11. The van der Waals surface area contributed by atoms with Crippen molar-refractivity contribution >= 4 is 11.0 Å². The van der Waals surface area contributed by atoms with E-state index < -0.39 is 11.2 Å². The Balaban J connectivity index is 1.59. The van der Waals surface area contributed by atoms with Crippen LogP contribution >= 0.6 is 0 Å². The minimum atomic E-state index is -0.516. The molecule has 0 unspecified atom stereocenters. The Morgan fingerprint density at radius 1 is 1.06 bits per heavy atom.